The van der Waals surface area contributed by atoms with Gasteiger partial charge in [-0.2, -0.15) is 0 Å². The maximum Gasteiger partial charge on any atom is 0.333 e. The molecular weight excluding hydrogens is 380 g/mol. The van der Waals surface area contributed by atoms with Gasteiger partial charge in [-0.15, -0.1) is 17.0 Å². The second-order valence-corrected chi connectivity index (χ2v) is 6.69. The summed E-state index contributed by atoms with van der Waals surface area (Å²) in [4.78, 5) is 12.7. The van der Waals surface area contributed by atoms with Gasteiger partial charge in [0.2, 0.25) is 0 Å². The monoisotopic (exact) mass is 422 g/mol. The van der Waals surface area contributed by atoms with Crippen LogP contribution in [0.4, 0.5) is 0 Å². The van der Waals surface area contributed by atoms with Crippen molar-refractivity contribution in [3.8, 4) is 0 Å². The summed E-state index contributed by atoms with van der Waals surface area (Å²) in [5.74, 6) is -0.313. The quantitative estimate of drug-likeness (QED) is 0.240. The van der Waals surface area contributed by atoms with Crippen molar-refractivity contribution in [2.75, 3.05) is 33.8 Å². The van der Waals surface area contributed by atoms with E-state index in [-0.39, 0.29) is 23.0 Å². The first kappa shape index (κ1) is 29.4. The van der Waals surface area contributed by atoms with Crippen molar-refractivity contribution in [1.29, 1.82) is 0 Å². The van der Waals surface area contributed by atoms with Gasteiger partial charge in [-0.1, -0.05) is 71.3 Å². The van der Waals surface area contributed by atoms with Crippen molar-refractivity contribution in [3.05, 3.63) is 12.2 Å². The second kappa shape index (κ2) is 23.6. The number of hydrogen-bond donors (Lipinski definition) is 1. The number of nitrogens with zero attached hydrogens (tertiary/aromatic N) is 1. The Morgan fingerprint density at radius 2 is 1.40 bits per heavy atom. The Bertz CT molecular complexity index is 287. The molecule has 0 aromatic rings. The Labute approximate surface area is 167 Å². The average Bonchev–Trinajstić information content (AvgIpc) is 2.53. The number of unbranched alkanes of at least 4 members (excludes halogenated alkanes) is 9. The van der Waals surface area contributed by atoms with Crippen molar-refractivity contribution in [2.45, 2.75) is 78.1 Å². The largest absolute Gasteiger partial charge is 0.461 e. The lowest BCUT2D eigenvalue weighted by Crippen LogP contribution is -2.20. The molecule has 0 saturated carbocycles. The van der Waals surface area contributed by atoms with Crippen LogP contribution in [0.15, 0.2) is 12.2 Å². The Hall–Kier alpha value is -0.390. The highest BCUT2D eigenvalue weighted by Gasteiger charge is 2.01. The van der Waals surface area contributed by atoms with Gasteiger partial charge in [0.15, 0.2) is 0 Å². The number of hydrogen-bond acceptors (Lipinski definition) is 4. The molecule has 0 unspecified atom stereocenters. The maximum absolute atomic E-state index is 10.8. The van der Waals surface area contributed by atoms with E-state index >= 15 is 0 Å². The SMILES string of the molecule is Br.C=C(C)C(=O)OCCN(C)C.CCCCCCCCCCCCN. The second-order valence-electron chi connectivity index (χ2n) is 6.69. The molecule has 0 rings (SSSR count). The predicted molar refractivity (Wildman–Crippen MR) is 116 cm³/mol. The molecule has 0 saturated heterocycles. The first-order chi connectivity index (χ1) is 11.5. The van der Waals surface area contributed by atoms with Gasteiger partial charge in [-0.25, -0.2) is 4.79 Å². The van der Waals surface area contributed by atoms with Crippen molar-refractivity contribution in [1.82, 2.24) is 4.90 Å². The van der Waals surface area contributed by atoms with Crippen LogP contribution in [0.3, 0.4) is 0 Å². The van der Waals surface area contributed by atoms with Crippen LogP contribution in [0, 0.1) is 0 Å². The van der Waals surface area contributed by atoms with Gasteiger partial charge in [0, 0.05) is 12.1 Å². The zero-order valence-corrected chi connectivity index (χ0v) is 18.9. The van der Waals surface area contributed by atoms with E-state index in [1.54, 1.807) is 6.92 Å². The molecule has 0 aromatic heterocycles. The summed E-state index contributed by atoms with van der Waals surface area (Å²) < 4.78 is 4.83. The lowest BCUT2D eigenvalue weighted by Gasteiger charge is -2.09. The molecule has 4 nitrogen and oxygen atoms in total. The van der Waals surface area contributed by atoms with Crippen LogP contribution in [0.1, 0.15) is 78.1 Å². The number of esters is 1. The van der Waals surface area contributed by atoms with E-state index in [4.69, 9.17) is 10.5 Å². The van der Waals surface area contributed by atoms with Crippen molar-refractivity contribution in [3.63, 3.8) is 0 Å². The number of rotatable bonds is 14. The van der Waals surface area contributed by atoms with E-state index in [2.05, 4.69) is 13.5 Å². The number of carbonyl (C=O) groups excluding carboxylic acids is 1. The Morgan fingerprint density at radius 3 is 1.76 bits per heavy atom. The predicted octanol–water partition coefficient (Wildman–Crippen LogP) is 5.11. The fourth-order valence-corrected chi connectivity index (χ4v) is 2.08. The Morgan fingerprint density at radius 1 is 0.960 bits per heavy atom. The van der Waals surface area contributed by atoms with Crippen LogP contribution in [0.5, 0.6) is 0 Å². The number of halogens is 1. The molecule has 0 spiro atoms. The molecule has 0 atom stereocenters. The molecule has 0 fully saturated rings. The van der Waals surface area contributed by atoms with Crippen LogP contribution in [0.25, 0.3) is 0 Å². The fraction of sp³-hybridized carbons (Fsp3) is 0.850. The van der Waals surface area contributed by atoms with Crippen LogP contribution < -0.4 is 5.73 Å². The fourth-order valence-electron chi connectivity index (χ4n) is 2.08. The molecule has 0 radical (unpaired) electrons. The number of nitrogens with two attached hydrogens (primary N) is 1. The minimum atomic E-state index is -0.313. The van der Waals surface area contributed by atoms with Gasteiger partial charge in [0.05, 0.1) is 0 Å². The summed E-state index contributed by atoms with van der Waals surface area (Å²) in [6, 6.07) is 0. The van der Waals surface area contributed by atoms with Crippen LogP contribution in [-0.4, -0.2) is 44.7 Å². The minimum Gasteiger partial charge on any atom is -0.461 e. The van der Waals surface area contributed by atoms with E-state index < -0.39 is 0 Å². The van der Waals surface area contributed by atoms with Crippen LogP contribution >= 0.6 is 17.0 Å². The normalized spacial score (nSPS) is 9.84. The smallest absolute Gasteiger partial charge is 0.333 e. The molecular formula is C20H43BrN2O2. The van der Waals surface area contributed by atoms with Crippen molar-refractivity contribution < 1.29 is 9.53 Å². The maximum atomic E-state index is 10.8. The highest BCUT2D eigenvalue weighted by molar-refractivity contribution is 8.93. The molecule has 0 aliphatic heterocycles. The van der Waals surface area contributed by atoms with Crippen molar-refractivity contribution >= 4 is 23.0 Å². The third kappa shape index (κ3) is 28.7. The summed E-state index contributed by atoms with van der Waals surface area (Å²) in [6.07, 6.45) is 13.9. The standard InChI is InChI=1S/C12H27N.C8H15NO2.BrH/c1-2-3-4-5-6-7-8-9-10-11-12-13;1-7(2)8(10)11-6-5-9(3)4;/h2-13H2,1H3;1,5-6H2,2-4H3;1H. The van der Waals surface area contributed by atoms with Crippen molar-refractivity contribution in [2.24, 2.45) is 5.73 Å². The Kier molecular flexibility index (Phi) is 27.7. The van der Waals surface area contributed by atoms with Gasteiger partial charge in [-0.3, -0.25) is 0 Å². The Balaban J connectivity index is -0.000000377. The molecule has 0 bridgehead atoms. The lowest BCUT2D eigenvalue weighted by molar-refractivity contribution is -0.139. The highest BCUT2D eigenvalue weighted by atomic mass is 79.9. The van der Waals surface area contributed by atoms with E-state index in [1.165, 1.54) is 64.2 Å². The zero-order valence-electron chi connectivity index (χ0n) is 17.1. The lowest BCUT2D eigenvalue weighted by atomic mass is 10.1. The van der Waals surface area contributed by atoms with E-state index in [0.29, 0.717) is 12.2 Å². The third-order valence-corrected chi connectivity index (χ3v) is 3.68. The summed E-state index contributed by atoms with van der Waals surface area (Å²) in [5, 5.41) is 0. The van der Waals surface area contributed by atoms with Crippen LogP contribution in [-0.2, 0) is 9.53 Å². The molecule has 5 heteroatoms. The molecule has 0 aromatic carbocycles. The molecule has 152 valence electrons. The topological polar surface area (TPSA) is 55.6 Å². The number of carbonyl (C=O) groups is 1. The molecule has 0 aliphatic rings. The van der Waals surface area contributed by atoms with E-state index in [1.807, 2.05) is 19.0 Å². The van der Waals surface area contributed by atoms with Gasteiger partial charge in [0.25, 0.3) is 0 Å². The molecule has 2 N–H and O–H groups in total. The minimum absolute atomic E-state index is 0. The molecule has 0 amide bonds. The first-order valence-corrected chi connectivity index (χ1v) is 9.63. The number of likely N-dealkylation sites (N-methyl/N-ethyl adjacent to an activating group) is 1. The summed E-state index contributed by atoms with van der Waals surface area (Å²) in [6.45, 7) is 9.42. The van der Waals surface area contributed by atoms with E-state index in [0.717, 1.165) is 13.1 Å². The van der Waals surface area contributed by atoms with Gasteiger partial charge >= 0.3 is 5.97 Å². The molecule has 25 heavy (non-hydrogen) atoms. The first-order valence-electron chi connectivity index (χ1n) is 9.63. The summed E-state index contributed by atoms with van der Waals surface area (Å²) >= 11 is 0. The molecule has 0 heterocycles. The summed E-state index contributed by atoms with van der Waals surface area (Å²) in [7, 11) is 3.85. The third-order valence-electron chi connectivity index (χ3n) is 3.68. The molecule has 0 aliphatic carbocycles. The average molecular weight is 423 g/mol. The van der Waals surface area contributed by atoms with Crippen LogP contribution in [0.2, 0.25) is 0 Å². The number of ether oxygens (including phenoxy) is 1. The van der Waals surface area contributed by atoms with Gasteiger partial charge < -0.3 is 15.4 Å². The highest BCUT2D eigenvalue weighted by Crippen LogP contribution is 2.09. The van der Waals surface area contributed by atoms with E-state index in [9.17, 15) is 4.79 Å². The van der Waals surface area contributed by atoms with Gasteiger partial charge in [0.1, 0.15) is 6.61 Å². The van der Waals surface area contributed by atoms with Gasteiger partial charge in [-0.05, 0) is 34.0 Å². The zero-order chi connectivity index (χ0) is 18.6. The summed E-state index contributed by atoms with van der Waals surface area (Å²) in [5.41, 5.74) is 5.87.